The molecule has 1 rings (SSSR count). The highest BCUT2D eigenvalue weighted by Gasteiger charge is 2.08. The summed E-state index contributed by atoms with van der Waals surface area (Å²) in [6, 6.07) is 0.723. The first kappa shape index (κ1) is 22.8. The van der Waals surface area contributed by atoms with Gasteiger partial charge >= 0.3 is 0 Å². The molecular formula is C20H42N2O3. The molecule has 1 saturated carbocycles. The van der Waals surface area contributed by atoms with Gasteiger partial charge in [0.1, 0.15) is 0 Å². The molecule has 1 aliphatic carbocycles. The van der Waals surface area contributed by atoms with Crippen LogP contribution in [0.3, 0.4) is 0 Å². The first-order chi connectivity index (χ1) is 12.4. The van der Waals surface area contributed by atoms with Crippen LogP contribution in [-0.2, 0) is 14.2 Å². The second kappa shape index (κ2) is 18.6. The highest BCUT2D eigenvalue weighted by atomic mass is 16.5. The van der Waals surface area contributed by atoms with Crippen LogP contribution in [0.4, 0.5) is 0 Å². The third-order valence-corrected chi connectivity index (χ3v) is 4.74. The second-order valence-corrected chi connectivity index (χ2v) is 7.04. The Bertz CT molecular complexity index is 257. The molecule has 0 atom stereocenters. The predicted molar refractivity (Wildman–Crippen MR) is 104 cm³/mol. The lowest BCUT2D eigenvalue weighted by Gasteiger charge is -2.20. The molecule has 1 fully saturated rings. The smallest absolute Gasteiger partial charge is 0.0701 e. The van der Waals surface area contributed by atoms with Gasteiger partial charge in [-0.05, 0) is 38.8 Å². The Morgan fingerprint density at radius 2 is 1.12 bits per heavy atom. The van der Waals surface area contributed by atoms with Gasteiger partial charge < -0.3 is 25.3 Å². The second-order valence-electron chi connectivity index (χ2n) is 7.04. The predicted octanol–water partition coefficient (Wildman–Crippen LogP) is 3.26. The Labute approximate surface area is 155 Å². The van der Waals surface area contributed by atoms with E-state index in [4.69, 9.17) is 19.9 Å². The van der Waals surface area contributed by atoms with Crippen molar-refractivity contribution in [1.82, 2.24) is 5.32 Å². The van der Waals surface area contributed by atoms with E-state index in [0.29, 0.717) is 33.0 Å². The van der Waals surface area contributed by atoms with Crippen molar-refractivity contribution in [1.29, 1.82) is 0 Å². The molecule has 3 N–H and O–H groups in total. The molecule has 0 heterocycles. The third kappa shape index (κ3) is 15.7. The zero-order valence-electron chi connectivity index (χ0n) is 16.3. The van der Waals surface area contributed by atoms with Crippen molar-refractivity contribution in [3.8, 4) is 0 Å². The van der Waals surface area contributed by atoms with Crippen molar-refractivity contribution in [2.24, 2.45) is 5.73 Å². The molecule has 0 bridgehead atoms. The topological polar surface area (TPSA) is 65.7 Å². The van der Waals surface area contributed by atoms with Crippen molar-refractivity contribution in [3.05, 3.63) is 0 Å². The molecule has 0 saturated heterocycles. The van der Waals surface area contributed by atoms with E-state index in [1.807, 2.05) is 0 Å². The van der Waals surface area contributed by atoms with E-state index in [2.05, 4.69) is 5.32 Å². The molecule has 0 unspecified atom stereocenters. The fourth-order valence-corrected chi connectivity index (χ4v) is 3.22. The fourth-order valence-electron chi connectivity index (χ4n) is 3.22. The normalized spacial score (nSPS) is 17.6. The SMILES string of the molecule is NCCCOCCOCCOCCCNC1CCCCCCCCC1. The molecule has 0 aromatic carbocycles. The summed E-state index contributed by atoms with van der Waals surface area (Å²) in [7, 11) is 0. The number of ether oxygens (including phenoxy) is 3. The van der Waals surface area contributed by atoms with Gasteiger partial charge in [-0.15, -0.1) is 0 Å². The highest BCUT2D eigenvalue weighted by Crippen LogP contribution is 2.16. The Kier molecular flexibility index (Phi) is 17.0. The fraction of sp³-hybridized carbons (Fsp3) is 1.00. The first-order valence-corrected chi connectivity index (χ1v) is 10.6. The van der Waals surface area contributed by atoms with E-state index in [1.54, 1.807) is 0 Å². The van der Waals surface area contributed by atoms with E-state index < -0.39 is 0 Å². The summed E-state index contributed by atoms with van der Waals surface area (Å²) in [5, 5.41) is 3.74. The molecule has 5 heteroatoms. The Balaban J connectivity index is 1.82. The summed E-state index contributed by atoms with van der Waals surface area (Å²) in [5.74, 6) is 0. The van der Waals surface area contributed by atoms with Crippen LogP contribution in [0.5, 0.6) is 0 Å². The molecule has 0 aromatic rings. The van der Waals surface area contributed by atoms with Crippen LogP contribution in [0.2, 0.25) is 0 Å². The quantitative estimate of drug-likeness (QED) is 0.467. The average Bonchev–Trinajstić information content (AvgIpc) is 2.64. The van der Waals surface area contributed by atoms with Crippen LogP contribution in [0.15, 0.2) is 0 Å². The van der Waals surface area contributed by atoms with Gasteiger partial charge in [0.05, 0.1) is 26.4 Å². The van der Waals surface area contributed by atoms with E-state index in [1.165, 1.54) is 57.8 Å². The van der Waals surface area contributed by atoms with Crippen molar-refractivity contribution in [2.75, 3.05) is 52.7 Å². The lowest BCUT2D eigenvalue weighted by molar-refractivity contribution is 0.0140. The maximum absolute atomic E-state index is 5.63. The van der Waals surface area contributed by atoms with Gasteiger partial charge in [-0.1, -0.05) is 44.9 Å². The van der Waals surface area contributed by atoms with Gasteiger partial charge in [0.2, 0.25) is 0 Å². The van der Waals surface area contributed by atoms with Crippen LogP contribution in [0.25, 0.3) is 0 Å². The summed E-state index contributed by atoms with van der Waals surface area (Å²) in [5.41, 5.74) is 5.39. The standard InChI is InChI=1S/C20H42N2O3/c21-12-8-14-23-16-18-25-19-17-24-15-9-13-22-20-10-6-4-2-1-3-5-7-11-20/h20,22H,1-19,21H2. The molecule has 0 amide bonds. The number of nitrogens with two attached hydrogens (primary N) is 1. The van der Waals surface area contributed by atoms with Crippen LogP contribution >= 0.6 is 0 Å². The highest BCUT2D eigenvalue weighted by molar-refractivity contribution is 4.68. The minimum Gasteiger partial charge on any atom is -0.379 e. The first-order valence-electron chi connectivity index (χ1n) is 10.6. The van der Waals surface area contributed by atoms with Gasteiger partial charge in [-0.3, -0.25) is 0 Å². The Hall–Kier alpha value is -0.200. The zero-order valence-corrected chi connectivity index (χ0v) is 16.3. The zero-order chi connectivity index (χ0) is 17.8. The van der Waals surface area contributed by atoms with Crippen LogP contribution < -0.4 is 11.1 Å². The summed E-state index contributed by atoms with van der Waals surface area (Å²) in [4.78, 5) is 0. The minimum atomic E-state index is 0.636. The van der Waals surface area contributed by atoms with Gasteiger partial charge in [0.15, 0.2) is 0 Å². The summed E-state index contributed by atoms with van der Waals surface area (Å²) >= 11 is 0. The van der Waals surface area contributed by atoms with Crippen molar-refractivity contribution in [2.45, 2.75) is 76.7 Å². The molecule has 25 heavy (non-hydrogen) atoms. The largest absolute Gasteiger partial charge is 0.379 e. The lowest BCUT2D eigenvalue weighted by atomic mass is 9.97. The molecule has 0 spiro atoms. The molecule has 0 radical (unpaired) electrons. The van der Waals surface area contributed by atoms with Gasteiger partial charge in [0.25, 0.3) is 0 Å². The van der Waals surface area contributed by atoms with Crippen LogP contribution in [0.1, 0.15) is 70.6 Å². The molecule has 0 aliphatic heterocycles. The van der Waals surface area contributed by atoms with Gasteiger partial charge in [-0.25, -0.2) is 0 Å². The molecule has 5 nitrogen and oxygen atoms in total. The van der Waals surface area contributed by atoms with E-state index in [0.717, 1.165) is 38.6 Å². The number of hydrogen-bond donors (Lipinski definition) is 2. The molecule has 1 aliphatic rings. The minimum absolute atomic E-state index is 0.636. The summed E-state index contributed by atoms with van der Waals surface area (Å²) in [6.07, 6.45) is 14.6. The molecular weight excluding hydrogens is 316 g/mol. The average molecular weight is 359 g/mol. The van der Waals surface area contributed by atoms with E-state index in [-0.39, 0.29) is 0 Å². The summed E-state index contributed by atoms with van der Waals surface area (Å²) in [6.45, 7) is 5.90. The Morgan fingerprint density at radius 1 is 0.640 bits per heavy atom. The summed E-state index contributed by atoms with van der Waals surface area (Å²) < 4.78 is 16.5. The number of rotatable bonds is 14. The van der Waals surface area contributed by atoms with Crippen molar-refractivity contribution >= 4 is 0 Å². The van der Waals surface area contributed by atoms with Crippen LogP contribution in [0, 0.1) is 0 Å². The Morgan fingerprint density at radius 3 is 1.68 bits per heavy atom. The lowest BCUT2D eigenvalue weighted by Crippen LogP contribution is -2.30. The van der Waals surface area contributed by atoms with E-state index >= 15 is 0 Å². The maximum Gasteiger partial charge on any atom is 0.0701 e. The van der Waals surface area contributed by atoms with Gasteiger partial charge in [0, 0.05) is 19.3 Å². The molecule has 0 aromatic heterocycles. The number of nitrogens with one attached hydrogen (secondary N) is 1. The van der Waals surface area contributed by atoms with Crippen molar-refractivity contribution in [3.63, 3.8) is 0 Å². The monoisotopic (exact) mass is 358 g/mol. The maximum atomic E-state index is 5.63. The molecule has 150 valence electrons. The van der Waals surface area contributed by atoms with Crippen molar-refractivity contribution < 1.29 is 14.2 Å². The third-order valence-electron chi connectivity index (χ3n) is 4.74. The van der Waals surface area contributed by atoms with Crippen LogP contribution in [-0.4, -0.2) is 58.8 Å². The number of hydrogen-bond acceptors (Lipinski definition) is 5. The van der Waals surface area contributed by atoms with E-state index in [9.17, 15) is 0 Å². The van der Waals surface area contributed by atoms with Gasteiger partial charge in [-0.2, -0.15) is 0 Å².